The summed E-state index contributed by atoms with van der Waals surface area (Å²) in [5, 5.41) is 5.04. The van der Waals surface area contributed by atoms with E-state index < -0.39 is 0 Å². The van der Waals surface area contributed by atoms with Gasteiger partial charge in [-0.05, 0) is 56.5 Å². The largest absolute Gasteiger partial charge is 0.332 e. The van der Waals surface area contributed by atoms with Crippen LogP contribution in [-0.2, 0) is 20.9 Å². The molecule has 32 heavy (non-hydrogen) atoms. The predicted octanol–water partition coefficient (Wildman–Crippen LogP) is 3.10. The maximum Gasteiger partial charge on any atom is 0.254 e. The van der Waals surface area contributed by atoms with E-state index >= 15 is 0 Å². The SMILES string of the molecule is CC(CCC(=O)NC=O)N1Cc2cc(NC(=O)CCCCCCCCCN)ccc2C1=O. The maximum atomic E-state index is 12.7. The number of nitrogens with zero attached hydrogens (tertiary/aromatic N) is 1. The highest BCUT2D eigenvalue weighted by Gasteiger charge is 2.31. The van der Waals surface area contributed by atoms with Gasteiger partial charge in [0.1, 0.15) is 0 Å². The molecule has 0 fully saturated rings. The number of anilines is 1. The van der Waals surface area contributed by atoms with Crippen LogP contribution >= 0.6 is 0 Å². The van der Waals surface area contributed by atoms with Crippen molar-refractivity contribution in [1.82, 2.24) is 10.2 Å². The van der Waals surface area contributed by atoms with Gasteiger partial charge < -0.3 is 16.0 Å². The molecule has 0 saturated heterocycles. The van der Waals surface area contributed by atoms with Crippen molar-refractivity contribution in [3.8, 4) is 0 Å². The summed E-state index contributed by atoms with van der Waals surface area (Å²) in [4.78, 5) is 48.5. The minimum Gasteiger partial charge on any atom is -0.332 e. The standard InChI is InChI=1S/C24H36N4O4/c1-18(10-13-22(30)26-17-29)28-16-19-15-20(11-12-21(19)24(28)32)27-23(31)9-7-5-3-2-4-6-8-14-25/h11-12,15,17-18H,2-10,13-14,16,25H2,1H3,(H,27,31)(H,26,29,30). The summed E-state index contributed by atoms with van der Waals surface area (Å²) in [7, 11) is 0. The smallest absolute Gasteiger partial charge is 0.254 e. The van der Waals surface area contributed by atoms with Crippen LogP contribution < -0.4 is 16.4 Å². The van der Waals surface area contributed by atoms with Gasteiger partial charge in [0.25, 0.3) is 5.91 Å². The molecule has 4 N–H and O–H groups in total. The zero-order chi connectivity index (χ0) is 23.3. The van der Waals surface area contributed by atoms with E-state index in [0.717, 1.165) is 37.8 Å². The number of rotatable bonds is 15. The van der Waals surface area contributed by atoms with Gasteiger partial charge in [0.2, 0.25) is 18.2 Å². The Morgan fingerprint density at radius 1 is 1.06 bits per heavy atom. The summed E-state index contributed by atoms with van der Waals surface area (Å²) in [6.07, 6.45) is 9.23. The zero-order valence-electron chi connectivity index (χ0n) is 19.0. The molecule has 2 rings (SSSR count). The van der Waals surface area contributed by atoms with Crippen molar-refractivity contribution in [3.63, 3.8) is 0 Å². The highest BCUT2D eigenvalue weighted by Crippen LogP contribution is 2.28. The number of hydrogen-bond donors (Lipinski definition) is 3. The number of nitrogens with two attached hydrogens (primary N) is 1. The molecule has 0 bridgehead atoms. The van der Waals surface area contributed by atoms with Gasteiger partial charge in [-0.1, -0.05) is 32.1 Å². The van der Waals surface area contributed by atoms with E-state index in [1.54, 1.807) is 17.0 Å². The molecule has 176 valence electrons. The maximum absolute atomic E-state index is 12.7. The molecule has 1 unspecified atom stereocenters. The first-order valence-corrected chi connectivity index (χ1v) is 11.6. The highest BCUT2D eigenvalue weighted by atomic mass is 16.2. The quantitative estimate of drug-likeness (QED) is 0.283. The first-order valence-electron chi connectivity index (χ1n) is 11.6. The van der Waals surface area contributed by atoms with Crippen molar-refractivity contribution in [2.45, 2.75) is 83.7 Å². The van der Waals surface area contributed by atoms with Crippen molar-refractivity contribution >= 4 is 29.8 Å². The molecule has 0 saturated carbocycles. The molecule has 0 aromatic heterocycles. The van der Waals surface area contributed by atoms with Gasteiger partial charge in [-0.15, -0.1) is 0 Å². The molecular weight excluding hydrogens is 408 g/mol. The summed E-state index contributed by atoms with van der Waals surface area (Å²) in [5.41, 5.74) is 7.68. The summed E-state index contributed by atoms with van der Waals surface area (Å²) in [6, 6.07) is 5.23. The Morgan fingerprint density at radius 3 is 2.44 bits per heavy atom. The predicted molar refractivity (Wildman–Crippen MR) is 124 cm³/mol. The van der Waals surface area contributed by atoms with Gasteiger partial charge in [0.05, 0.1) is 0 Å². The molecule has 0 radical (unpaired) electrons. The first-order chi connectivity index (χ1) is 15.5. The van der Waals surface area contributed by atoms with Gasteiger partial charge in [-0.3, -0.25) is 24.5 Å². The Kier molecular flexibility index (Phi) is 10.9. The first kappa shape index (κ1) is 25.5. The van der Waals surface area contributed by atoms with Crippen LogP contribution in [-0.4, -0.2) is 41.6 Å². The summed E-state index contributed by atoms with van der Waals surface area (Å²) in [5.74, 6) is -0.441. The fraction of sp³-hybridized carbons (Fsp3) is 0.583. The summed E-state index contributed by atoms with van der Waals surface area (Å²) in [6.45, 7) is 3.09. The molecule has 1 aromatic carbocycles. The molecule has 0 spiro atoms. The van der Waals surface area contributed by atoms with Crippen molar-refractivity contribution < 1.29 is 19.2 Å². The Bertz CT molecular complexity index is 796. The molecule has 1 aliphatic rings. The summed E-state index contributed by atoms with van der Waals surface area (Å²) < 4.78 is 0. The third-order valence-electron chi connectivity index (χ3n) is 5.87. The van der Waals surface area contributed by atoms with Crippen molar-refractivity contribution in [3.05, 3.63) is 29.3 Å². The van der Waals surface area contributed by atoms with E-state index in [2.05, 4.69) is 10.6 Å². The molecule has 4 amide bonds. The number of carbonyl (C=O) groups excluding carboxylic acids is 4. The van der Waals surface area contributed by atoms with E-state index in [1.807, 2.05) is 13.0 Å². The van der Waals surface area contributed by atoms with Crippen molar-refractivity contribution in [2.75, 3.05) is 11.9 Å². The van der Waals surface area contributed by atoms with Crippen LogP contribution in [0.3, 0.4) is 0 Å². The lowest BCUT2D eigenvalue weighted by Crippen LogP contribution is -2.34. The number of imide groups is 1. The van der Waals surface area contributed by atoms with Gasteiger partial charge in [-0.2, -0.15) is 0 Å². The Labute approximate surface area is 190 Å². The van der Waals surface area contributed by atoms with Crippen LogP contribution in [0.5, 0.6) is 0 Å². The number of hydrogen-bond acceptors (Lipinski definition) is 5. The van der Waals surface area contributed by atoms with Crippen LogP contribution in [0.1, 0.15) is 87.1 Å². The lowest BCUT2D eigenvalue weighted by atomic mass is 10.1. The molecule has 1 atom stereocenters. The fourth-order valence-corrected chi connectivity index (χ4v) is 3.95. The normalized spacial score (nSPS) is 13.6. The number of amides is 4. The third kappa shape index (κ3) is 8.07. The lowest BCUT2D eigenvalue weighted by Gasteiger charge is -2.23. The second-order valence-electron chi connectivity index (χ2n) is 8.44. The van der Waals surface area contributed by atoms with Gasteiger partial charge in [-0.25, -0.2) is 0 Å². The second kappa shape index (κ2) is 13.6. The fourth-order valence-electron chi connectivity index (χ4n) is 3.95. The average Bonchev–Trinajstić information content (AvgIpc) is 3.10. The van der Waals surface area contributed by atoms with Gasteiger partial charge in [0, 0.05) is 36.7 Å². The lowest BCUT2D eigenvalue weighted by molar-refractivity contribution is -0.125. The average molecular weight is 445 g/mol. The number of fused-ring (bicyclic) bond motifs is 1. The Morgan fingerprint density at radius 2 is 1.75 bits per heavy atom. The van der Waals surface area contributed by atoms with E-state index in [9.17, 15) is 19.2 Å². The molecule has 8 heteroatoms. The molecule has 1 heterocycles. The van der Waals surface area contributed by atoms with Crippen LogP contribution in [0.4, 0.5) is 5.69 Å². The van der Waals surface area contributed by atoms with Gasteiger partial charge >= 0.3 is 0 Å². The van der Waals surface area contributed by atoms with Crippen LogP contribution in [0.15, 0.2) is 18.2 Å². The Balaban J connectivity index is 1.76. The molecule has 1 aliphatic heterocycles. The Hall–Kier alpha value is -2.74. The van der Waals surface area contributed by atoms with Crippen LogP contribution in [0, 0.1) is 0 Å². The van der Waals surface area contributed by atoms with Crippen molar-refractivity contribution in [2.24, 2.45) is 5.73 Å². The van der Waals surface area contributed by atoms with Crippen LogP contribution in [0.25, 0.3) is 0 Å². The second-order valence-corrected chi connectivity index (χ2v) is 8.44. The van der Waals surface area contributed by atoms with E-state index in [1.165, 1.54) is 19.3 Å². The van der Waals surface area contributed by atoms with E-state index in [0.29, 0.717) is 37.0 Å². The van der Waals surface area contributed by atoms with Gasteiger partial charge in [0.15, 0.2) is 0 Å². The molecular formula is C24H36N4O4. The topological polar surface area (TPSA) is 122 Å². The molecule has 8 nitrogen and oxygen atoms in total. The minimum atomic E-state index is -0.354. The number of unbranched alkanes of at least 4 members (excludes halogenated alkanes) is 6. The molecule has 1 aromatic rings. The molecule has 0 aliphatic carbocycles. The van der Waals surface area contributed by atoms with E-state index in [4.69, 9.17) is 5.73 Å². The van der Waals surface area contributed by atoms with Crippen LogP contribution in [0.2, 0.25) is 0 Å². The summed E-state index contributed by atoms with van der Waals surface area (Å²) >= 11 is 0. The minimum absolute atomic E-state index is 0.0104. The zero-order valence-corrected chi connectivity index (χ0v) is 19.0. The number of benzene rings is 1. The third-order valence-corrected chi connectivity index (χ3v) is 5.87. The highest BCUT2D eigenvalue weighted by molar-refractivity contribution is 6.00. The van der Waals surface area contributed by atoms with E-state index in [-0.39, 0.29) is 30.2 Å². The monoisotopic (exact) mass is 444 g/mol. The number of carbonyl (C=O) groups is 4. The number of nitrogens with one attached hydrogen (secondary N) is 2. The van der Waals surface area contributed by atoms with Crippen molar-refractivity contribution in [1.29, 1.82) is 0 Å².